The van der Waals surface area contributed by atoms with Gasteiger partial charge in [0.05, 0.1) is 18.5 Å². The fourth-order valence-corrected chi connectivity index (χ4v) is 3.85. The molecule has 3 N–H and O–H groups in total. The minimum absolute atomic E-state index is 0.203. The molecule has 1 saturated heterocycles. The van der Waals surface area contributed by atoms with E-state index in [4.69, 9.17) is 4.74 Å². The average molecular weight is 445 g/mol. The molecule has 0 aromatic heterocycles. The van der Waals surface area contributed by atoms with Gasteiger partial charge in [0.2, 0.25) is 0 Å². The van der Waals surface area contributed by atoms with Crippen LogP contribution in [0, 0.1) is 0 Å². The van der Waals surface area contributed by atoms with Crippen LogP contribution >= 0.6 is 0 Å². The van der Waals surface area contributed by atoms with E-state index in [1.165, 1.54) is 0 Å². The van der Waals surface area contributed by atoms with Gasteiger partial charge in [-0.15, -0.1) is 0 Å². The summed E-state index contributed by atoms with van der Waals surface area (Å²) in [5.41, 5.74) is 3.69. The number of ether oxygens (including phenoxy) is 1. The second kappa shape index (κ2) is 10.5. The first kappa shape index (κ1) is 22.2. The van der Waals surface area contributed by atoms with E-state index in [2.05, 4.69) is 20.9 Å². The predicted octanol–water partition coefficient (Wildman–Crippen LogP) is 4.87. The number of carbonyl (C=O) groups excluding carboxylic acids is 2. The summed E-state index contributed by atoms with van der Waals surface area (Å²) in [6.45, 7) is 2.25. The molecule has 0 unspecified atom stereocenters. The molecule has 1 fully saturated rings. The minimum Gasteiger partial charge on any atom is -0.497 e. The lowest BCUT2D eigenvalue weighted by atomic mass is 10.1. The zero-order valence-corrected chi connectivity index (χ0v) is 18.6. The lowest BCUT2D eigenvalue weighted by Crippen LogP contribution is -2.26. The zero-order valence-electron chi connectivity index (χ0n) is 18.6. The van der Waals surface area contributed by atoms with Crippen LogP contribution in [0.5, 0.6) is 5.75 Å². The van der Waals surface area contributed by atoms with Crippen molar-refractivity contribution in [1.29, 1.82) is 0 Å². The van der Waals surface area contributed by atoms with E-state index in [0.29, 0.717) is 23.5 Å². The highest BCUT2D eigenvalue weighted by atomic mass is 16.5. The maximum atomic E-state index is 12.8. The van der Waals surface area contributed by atoms with Crippen LogP contribution in [0.4, 0.5) is 21.9 Å². The van der Waals surface area contributed by atoms with Gasteiger partial charge in [-0.25, -0.2) is 4.79 Å². The number of nitrogens with one attached hydrogen (secondary N) is 3. The van der Waals surface area contributed by atoms with Crippen LogP contribution in [0.1, 0.15) is 28.8 Å². The monoisotopic (exact) mass is 444 g/mol. The Morgan fingerprint density at radius 1 is 0.909 bits per heavy atom. The third kappa shape index (κ3) is 5.83. The standard InChI is InChI=1S/C26H28N4O3/c1-33-22-12-9-19(10-13-22)18-27-25(31)20-11-14-24(30-15-5-6-16-30)23(17-20)29-26(32)28-21-7-3-2-4-8-21/h2-4,7-14,17H,5-6,15-16,18H2,1H3,(H,27,31)(H2,28,29,32). The number of rotatable bonds is 7. The van der Waals surface area contributed by atoms with Crippen molar-refractivity contribution < 1.29 is 14.3 Å². The van der Waals surface area contributed by atoms with Gasteiger partial charge in [-0.2, -0.15) is 0 Å². The molecule has 170 valence electrons. The molecular weight excluding hydrogens is 416 g/mol. The molecule has 0 aliphatic carbocycles. The first-order valence-electron chi connectivity index (χ1n) is 11.1. The van der Waals surface area contributed by atoms with Crippen LogP contribution < -0.4 is 25.6 Å². The number of nitrogens with zero attached hydrogens (tertiary/aromatic N) is 1. The largest absolute Gasteiger partial charge is 0.497 e. The van der Waals surface area contributed by atoms with E-state index < -0.39 is 0 Å². The van der Waals surface area contributed by atoms with E-state index in [0.717, 1.165) is 42.9 Å². The van der Waals surface area contributed by atoms with Crippen molar-refractivity contribution in [1.82, 2.24) is 5.32 Å². The van der Waals surface area contributed by atoms with Crippen LogP contribution in [0.15, 0.2) is 72.8 Å². The average Bonchev–Trinajstić information content (AvgIpc) is 3.38. The molecule has 0 bridgehead atoms. The number of anilines is 3. The molecule has 3 aromatic carbocycles. The summed E-state index contributed by atoms with van der Waals surface area (Å²) >= 11 is 0. The fraction of sp³-hybridized carbons (Fsp3) is 0.231. The summed E-state index contributed by atoms with van der Waals surface area (Å²) in [6.07, 6.45) is 2.22. The molecule has 3 aromatic rings. The van der Waals surface area contributed by atoms with Gasteiger partial charge in [0.15, 0.2) is 0 Å². The van der Waals surface area contributed by atoms with Crippen molar-refractivity contribution in [2.45, 2.75) is 19.4 Å². The molecule has 33 heavy (non-hydrogen) atoms. The van der Waals surface area contributed by atoms with E-state index in [1.54, 1.807) is 19.2 Å². The summed E-state index contributed by atoms with van der Waals surface area (Å²) in [4.78, 5) is 27.7. The maximum Gasteiger partial charge on any atom is 0.323 e. The Labute approximate surface area is 193 Å². The molecule has 0 saturated carbocycles. The van der Waals surface area contributed by atoms with Crippen molar-refractivity contribution in [2.24, 2.45) is 0 Å². The minimum atomic E-state index is -0.350. The Morgan fingerprint density at radius 3 is 2.33 bits per heavy atom. The van der Waals surface area contributed by atoms with Crippen LogP contribution in [-0.2, 0) is 6.54 Å². The highest BCUT2D eigenvalue weighted by molar-refractivity contribution is 6.04. The summed E-state index contributed by atoms with van der Waals surface area (Å²) in [7, 11) is 1.62. The Balaban J connectivity index is 1.48. The van der Waals surface area contributed by atoms with Gasteiger partial charge in [0, 0.05) is 30.9 Å². The Hall–Kier alpha value is -4.00. The van der Waals surface area contributed by atoms with Crippen molar-refractivity contribution in [3.05, 3.63) is 83.9 Å². The second-order valence-corrected chi connectivity index (χ2v) is 7.90. The smallest absolute Gasteiger partial charge is 0.323 e. The molecule has 0 atom stereocenters. The number of urea groups is 1. The third-order valence-electron chi connectivity index (χ3n) is 5.60. The van der Waals surface area contributed by atoms with Crippen LogP contribution in [0.3, 0.4) is 0 Å². The van der Waals surface area contributed by atoms with Gasteiger partial charge in [-0.1, -0.05) is 30.3 Å². The van der Waals surface area contributed by atoms with Gasteiger partial charge in [-0.3, -0.25) is 4.79 Å². The van der Waals surface area contributed by atoms with Crippen molar-refractivity contribution >= 4 is 29.0 Å². The highest BCUT2D eigenvalue weighted by Gasteiger charge is 2.19. The van der Waals surface area contributed by atoms with Crippen LogP contribution in [0.2, 0.25) is 0 Å². The highest BCUT2D eigenvalue weighted by Crippen LogP contribution is 2.30. The zero-order chi connectivity index (χ0) is 23.0. The van der Waals surface area contributed by atoms with Gasteiger partial charge in [0.25, 0.3) is 5.91 Å². The number of amides is 3. The molecule has 7 nitrogen and oxygen atoms in total. The second-order valence-electron chi connectivity index (χ2n) is 7.90. The third-order valence-corrected chi connectivity index (χ3v) is 5.60. The molecular formula is C26H28N4O3. The summed E-state index contributed by atoms with van der Waals surface area (Å²) in [5, 5.41) is 8.71. The van der Waals surface area contributed by atoms with Crippen LogP contribution in [-0.4, -0.2) is 32.1 Å². The first-order chi connectivity index (χ1) is 16.1. The number of benzene rings is 3. The molecule has 0 spiro atoms. The summed E-state index contributed by atoms with van der Waals surface area (Å²) in [6, 6.07) is 21.9. The Bertz CT molecular complexity index is 1090. The number of hydrogen-bond donors (Lipinski definition) is 3. The SMILES string of the molecule is COc1ccc(CNC(=O)c2ccc(N3CCCC3)c(NC(=O)Nc3ccccc3)c2)cc1. The molecule has 3 amide bonds. The van der Waals surface area contributed by atoms with Crippen molar-refractivity contribution in [2.75, 3.05) is 35.7 Å². The molecule has 1 aliphatic heterocycles. The van der Waals surface area contributed by atoms with Gasteiger partial charge in [-0.05, 0) is 60.9 Å². The lowest BCUT2D eigenvalue weighted by molar-refractivity contribution is 0.0951. The Morgan fingerprint density at radius 2 is 1.64 bits per heavy atom. The van der Waals surface area contributed by atoms with E-state index in [-0.39, 0.29) is 11.9 Å². The van der Waals surface area contributed by atoms with E-state index in [9.17, 15) is 9.59 Å². The Kier molecular flexibility index (Phi) is 7.09. The van der Waals surface area contributed by atoms with Gasteiger partial charge >= 0.3 is 6.03 Å². The fourth-order valence-electron chi connectivity index (χ4n) is 3.85. The normalized spacial score (nSPS) is 12.8. The molecule has 0 radical (unpaired) electrons. The number of methoxy groups -OCH3 is 1. The molecule has 1 aliphatic rings. The number of para-hydroxylation sites is 1. The predicted molar refractivity (Wildman–Crippen MR) is 131 cm³/mol. The van der Waals surface area contributed by atoms with Gasteiger partial charge < -0.3 is 25.6 Å². The maximum absolute atomic E-state index is 12.8. The summed E-state index contributed by atoms with van der Waals surface area (Å²) in [5.74, 6) is 0.567. The molecule has 1 heterocycles. The van der Waals surface area contributed by atoms with E-state index >= 15 is 0 Å². The number of hydrogen-bond acceptors (Lipinski definition) is 4. The summed E-state index contributed by atoms with van der Waals surface area (Å²) < 4.78 is 5.17. The van der Waals surface area contributed by atoms with Crippen LogP contribution in [0.25, 0.3) is 0 Å². The topological polar surface area (TPSA) is 82.7 Å². The quantitative estimate of drug-likeness (QED) is 0.486. The van der Waals surface area contributed by atoms with Crippen molar-refractivity contribution in [3.8, 4) is 5.75 Å². The van der Waals surface area contributed by atoms with E-state index in [1.807, 2.05) is 60.7 Å². The molecule has 4 rings (SSSR count). The molecule has 7 heteroatoms. The number of carbonyl (C=O) groups is 2. The first-order valence-corrected chi connectivity index (χ1v) is 11.1. The lowest BCUT2D eigenvalue weighted by Gasteiger charge is -2.22. The van der Waals surface area contributed by atoms with Crippen molar-refractivity contribution in [3.63, 3.8) is 0 Å². The van der Waals surface area contributed by atoms with Gasteiger partial charge in [0.1, 0.15) is 5.75 Å².